The number of H-pyrrole nitrogens is 1. The molecule has 0 saturated carbocycles. The lowest BCUT2D eigenvalue weighted by molar-refractivity contribution is 0.0691. The SMILES string of the molecule is O=C(O)c1ccc2c(=O)c3cccnc3[nH]c2n1. The van der Waals surface area contributed by atoms with Crippen LogP contribution in [0.5, 0.6) is 0 Å². The van der Waals surface area contributed by atoms with Gasteiger partial charge in [-0.3, -0.25) is 4.79 Å². The molecule has 0 aliphatic heterocycles. The second-order valence-electron chi connectivity index (χ2n) is 3.75. The molecule has 0 radical (unpaired) electrons. The van der Waals surface area contributed by atoms with Crippen LogP contribution in [0.15, 0.2) is 35.3 Å². The highest BCUT2D eigenvalue weighted by Gasteiger charge is 2.10. The van der Waals surface area contributed by atoms with Crippen molar-refractivity contribution in [1.29, 1.82) is 0 Å². The average Bonchev–Trinajstić information content (AvgIpc) is 2.38. The molecule has 3 aromatic rings. The van der Waals surface area contributed by atoms with Crippen LogP contribution in [0, 0.1) is 0 Å². The van der Waals surface area contributed by atoms with Gasteiger partial charge in [-0.25, -0.2) is 14.8 Å². The molecule has 18 heavy (non-hydrogen) atoms. The van der Waals surface area contributed by atoms with Gasteiger partial charge < -0.3 is 10.1 Å². The lowest BCUT2D eigenvalue weighted by Gasteiger charge is -2.01. The van der Waals surface area contributed by atoms with E-state index in [0.29, 0.717) is 16.4 Å². The summed E-state index contributed by atoms with van der Waals surface area (Å²) in [5.74, 6) is -1.14. The summed E-state index contributed by atoms with van der Waals surface area (Å²) < 4.78 is 0. The van der Waals surface area contributed by atoms with Gasteiger partial charge in [0.15, 0.2) is 11.1 Å². The van der Waals surface area contributed by atoms with Gasteiger partial charge in [-0.2, -0.15) is 0 Å². The quantitative estimate of drug-likeness (QED) is 0.623. The molecule has 3 heterocycles. The van der Waals surface area contributed by atoms with E-state index in [1.807, 2.05) is 0 Å². The third-order valence-corrected chi connectivity index (χ3v) is 2.65. The Morgan fingerprint density at radius 2 is 1.94 bits per heavy atom. The molecule has 0 atom stereocenters. The number of nitrogens with zero attached hydrogens (tertiary/aromatic N) is 2. The van der Waals surface area contributed by atoms with E-state index in [4.69, 9.17) is 5.11 Å². The number of carboxylic acid groups (broad SMARTS) is 1. The zero-order chi connectivity index (χ0) is 12.7. The van der Waals surface area contributed by atoms with E-state index >= 15 is 0 Å². The molecule has 3 rings (SSSR count). The average molecular weight is 241 g/mol. The van der Waals surface area contributed by atoms with E-state index in [2.05, 4.69) is 15.0 Å². The van der Waals surface area contributed by atoms with Gasteiger partial charge in [0.25, 0.3) is 0 Å². The number of aromatic amines is 1. The number of carboxylic acids is 1. The number of aromatic nitrogens is 3. The first-order chi connectivity index (χ1) is 8.66. The van der Waals surface area contributed by atoms with Crippen LogP contribution in [0.1, 0.15) is 10.5 Å². The van der Waals surface area contributed by atoms with Gasteiger partial charge in [0, 0.05) is 6.20 Å². The molecule has 0 aliphatic rings. The van der Waals surface area contributed by atoms with Crippen molar-refractivity contribution < 1.29 is 9.90 Å². The third kappa shape index (κ3) is 1.43. The van der Waals surface area contributed by atoms with E-state index in [9.17, 15) is 9.59 Å². The minimum atomic E-state index is -1.14. The number of hydrogen-bond donors (Lipinski definition) is 2. The van der Waals surface area contributed by atoms with Crippen LogP contribution in [0.4, 0.5) is 0 Å². The van der Waals surface area contributed by atoms with Gasteiger partial charge in [0.05, 0.1) is 10.8 Å². The first-order valence-electron chi connectivity index (χ1n) is 5.18. The molecule has 0 fully saturated rings. The van der Waals surface area contributed by atoms with Gasteiger partial charge >= 0.3 is 5.97 Å². The highest BCUT2D eigenvalue weighted by molar-refractivity contribution is 5.92. The highest BCUT2D eigenvalue weighted by atomic mass is 16.4. The van der Waals surface area contributed by atoms with Crippen molar-refractivity contribution in [3.05, 3.63) is 46.4 Å². The van der Waals surface area contributed by atoms with Gasteiger partial charge in [0.2, 0.25) is 0 Å². The van der Waals surface area contributed by atoms with Crippen molar-refractivity contribution >= 4 is 28.0 Å². The van der Waals surface area contributed by atoms with Crippen molar-refractivity contribution in [2.45, 2.75) is 0 Å². The van der Waals surface area contributed by atoms with E-state index in [0.717, 1.165) is 0 Å². The number of fused-ring (bicyclic) bond motifs is 2. The van der Waals surface area contributed by atoms with Crippen LogP contribution in [-0.2, 0) is 0 Å². The van der Waals surface area contributed by atoms with Crippen LogP contribution in [-0.4, -0.2) is 26.0 Å². The maximum Gasteiger partial charge on any atom is 0.354 e. The Labute approximate surface area is 99.9 Å². The second-order valence-corrected chi connectivity index (χ2v) is 3.75. The fourth-order valence-corrected chi connectivity index (χ4v) is 1.80. The zero-order valence-corrected chi connectivity index (χ0v) is 9.04. The van der Waals surface area contributed by atoms with Crippen LogP contribution in [0.25, 0.3) is 22.1 Å². The van der Waals surface area contributed by atoms with E-state index in [-0.39, 0.29) is 16.8 Å². The Morgan fingerprint density at radius 3 is 2.72 bits per heavy atom. The van der Waals surface area contributed by atoms with Gasteiger partial charge in [-0.15, -0.1) is 0 Å². The normalized spacial score (nSPS) is 10.9. The number of pyridine rings is 3. The summed E-state index contributed by atoms with van der Waals surface area (Å²) in [5.41, 5.74) is 0.292. The van der Waals surface area contributed by atoms with Crippen molar-refractivity contribution in [1.82, 2.24) is 15.0 Å². The molecule has 0 bridgehead atoms. The van der Waals surface area contributed by atoms with Crippen molar-refractivity contribution in [3.8, 4) is 0 Å². The smallest absolute Gasteiger partial charge is 0.354 e. The van der Waals surface area contributed by atoms with Gasteiger partial charge in [-0.05, 0) is 24.3 Å². The summed E-state index contributed by atoms with van der Waals surface area (Å²) in [6.45, 7) is 0. The van der Waals surface area contributed by atoms with Crippen LogP contribution in [0.2, 0.25) is 0 Å². The summed E-state index contributed by atoms with van der Waals surface area (Å²) >= 11 is 0. The molecule has 2 N–H and O–H groups in total. The summed E-state index contributed by atoms with van der Waals surface area (Å²) in [4.78, 5) is 33.7. The summed E-state index contributed by atoms with van der Waals surface area (Å²) in [6.07, 6.45) is 1.55. The largest absolute Gasteiger partial charge is 0.477 e. The second kappa shape index (κ2) is 3.63. The standard InChI is InChI=1S/C12H7N3O3/c16-9-6-2-1-5-13-10(6)15-11-7(9)3-4-8(14-11)12(17)18/h1-5H,(H,17,18)(H,13,14,15,16). The predicted molar refractivity (Wildman–Crippen MR) is 64.6 cm³/mol. The molecule has 3 aromatic heterocycles. The third-order valence-electron chi connectivity index (χ3n) is 2.65. The minimum Gasteiger partial charge on any atom is -0.477 e. The summed E-state index contributed by atoms with van der Waals surface area (Å²) in [5, 5.41) is 9.66. The topological polar surface area (TPSA) is 95.9 Å². The Morgan fingerprint density at radius 1 is 1.17 bits per heavy atom. The van der Waals surface area contributed by atoms with E-state index < -0.39 is 5.97 Å². The molecule has 0 unspecified atom stereocenters. The Bertz CT molecular complexity index is 839. The number of carbonyl (C=O) groups is 1. The molecule has 6 nitrogen and oxygen atoms in total. The molecule has 6 heteroatoms. The Balaban J connectivity index is 2.48. The minimum absolute atomic E-state index is 0.117. The number of hydrogen-bond acceptors (Lipinski definition) is 4. The molecule has 0 saturated heterocycles. The molecular weight excluding hydrogens is 234 g/mol. The fraction of sp³-hybridized carbons (Fsp3) is 0. The number of nitrogens with one attached hydrogen (secondary N) is 1. The van der Waals surface area contributed by atoms with Crippen LogP contribution >= 0.6 is 0 Å². The maximum atomic E-state index is 12.1. The van der Waals surface area contributed by atoms with E-state index in [1.54, 1.807) is 18.3 Å². The van der Waals surface area contributed by atoms with Crippen molar-refractivity contribution in [3.63, 3.8) is 0 Å². The first kappa shape index (κ1) is 10.4. The lowest BCUT2D eigenvalue weighted by atomic mass is 10.2. The number of aromatic carboxylic acids is 1. The summed E-state index contributed by atoms with van der Waals surface area (Å²) in [7, 11) is 0. The highest BCUT2D eigenvalue weighted by Crippen LogP contribution is 2.11. The molecule has 0 aliphatic carbocycles. The maximum absolute atomic E-state index is 12.1. The molecule has 0 aromatic carbocycles. The monoisotopic (exact) mass is 241 g/mol. The first-order valence-corrected chi connectivity index (χ1v) is 5.18. The van der Waals surface area contributed by atoms with Crippen molar-refractivity contribution in [2.75, 3.05) is 0 Å². The van der Waals surface area contributed by atoms with Gasteiger partial charge in [-0.1, -0.05) is 0 Å². The Hall–Kier alpha value is -2.76. The van der Waals surface area contributed by atoms with Crippen molar-refractivity contribution in [2.24, 2.45) is 0 Å². The lowest BCUT2D eigenvalue weighted by Crippen LogP contribution is -2.08. The molecule has 0 spiro atoms. The van der Waals surface area contributed by atoms with Gasteiger partial charge in [0.1, 0.15) is 11.3 Å². The fourth-order valence-electron chi connectivity index (χ4n) is 1.80. The van der Waals surface area contributed by atoms with Crippen LogP contribution in [0.3, 0.4) is 0 Å². The molecule has 0 amide bonds. The summed E-state index contributed by atoms with van der Waals surface area (Å²) in [6, 6.07) is 6.09. The zero-order valence-electron chi connectivity index (χ0n) is 9.04. The van der Waals surface area contributed by atoms with E-state index in [1.165, 1.54) is 12.1 Å². The Kier molecular flexibility index (Phi) is 2.09. The molecular formula is C12H7N3O3. The number of rotatable bonds is 1. The van der Waals surface area contributed by atoms with Crippen LogP contribution < -0.4 is 5.43 Å². The predicted octanol–water partition coefficient (Wildman–Crippen LogP) is 1.17. The molecule has 88 valence electrons.